The molecule has 1 aromatic carbocycles. The minimum absolute atomic E-state index is 0.201. The van der Waals surface area contributed by atoms with Crippen LogP contribution in [0, 0.1) is 18.7 Å². The molecule has 0 radical (unpaired) electrons. The van der Waals surface area contributed by atoms with E-state index in [9.17, 15) is 4.39 Å². The van der Waals surface area contributed by atoms with Gasteiger partial charge < -0.3 is 10.1 Å². The Bertz CT molecular complexity index is 319. The second-order valence-electron chi connectivity index (χ2n) is 4.74. The smallest absolute Gasteiger partial charge is 0.125 e. The molecule has 0 saturated heterocycles. The summed E-state index contributed by atoms with van der Waals surface area (Å²) < 4.78 is 18.5. The molecule has 0 unspecified atom stereocenters. The SMILES string of the molecule is Cc1cc(F)cc(NCCOCCC(C)C)c1. The predicted octanol–water partition coefficient (Wildman–Crippen LogP) is 3.61. The van der Waals surface area contributed by atoms with Gasteiger partial charge in [0.2, 0.25) is 0 Å². The van der Waals surface area contributed by atoms with Gasteiger partial charge in [-0.15, -0.1) is 0 Å². The molecular weight excluding hydrogens is 217 g/mol. The van der Waals surface area contributed by atoms with Crippen molar-refractivity contribution in [3.05, 3.63) is 29.6 Å². The standard InChI is InChI=1S/C14H22FNO/c1-11(2)4-6-17-7-5-16-14-9-12(3)8-13(15)10-14/h8-11,16H,4-7H2,1-3H3. The lowest BCUT2D eigenvalue weighted by atomic mass is 10.1. The number of aryl methyl sites for hydroxylation is 1. The van der Waals surface area contributed by atoms with Crippen molar-refractivity contribution in [2.75, 3.05) is 25.1 Å². The monoisotopic (exact) mass is 239 g/mol. The van der Waals surface area contributed by atoms with E-state index in [2.05, 4.69) is 19.2 Å². The number of anilines is 1. The molecular formula is C14H22FNO. The molecule has 0 aliphatic heterocycles. The normalized spacial score (nSPS) is 10.9. The van der Waals surface area contributed by atoms with Gasteiger partial charge in [-0.3, -0.25) is 0 Å². The lowest BCUT2D eigenvalue weighted by Gasteiger charge is -2.09. The molecule has 0 bridgehead atoms. The third-order valence-electron chi connectivity index (χ3n) is 2.46. The molecule has 3 heteroatoms. The van der Waals surface area contributed by atoms with Crippen LogP contribution >= 0.6 is 0 Å². The zero-order valence-electron chi connectivity index (χ0n) is 10.9. The fourth-order valence-corrected chi connectivity index (χ4v) is 1.53. The summed E-state index contributed by atoms with van der Waals surface area (Å²) in [6, 6.07) is 4.95. The first-order valence-electron chi connectivity index (χ1n) is 6.16. The summed E-state index contributed by atoms with van der Waals surface area (Å²) in [6.07, 6.45) is 1.08. The number of hydrogen-bond donors (Lipinski definition) is 1. The Morgan fingerprint density at radius 2 is 2.00 bits per heavy atom. The van der Waals surface area contributed by atoms with Crippen LogP contribution in [0.3, 0.4) is 0 Å². The molecule has 1 aromatic rings. The molecule has 1 N–H and O–H groups in total. The van der Waals surface area contributed by atoms with E-state index in [1.165, 1.54) is 12.1 Å². The fourth-order valence-electron chi connectivity index (χ4n) is 1.53. The van der Waals surface area contributed by atoms with Crippen LogP contribution in [0.5, 0.6) is 0 Å². The van der Waals surface area contributed by atoms with Crippen molar-refractivity contribution in [3.8, 4) is 0 Å². The van der Waals surface area contributed by atoms with Gasteiger partial charge in [0.25, 0.3) is 0 Å². The van der Waals surface area contributed by atoms with Gasteiger partial charge in [-0.1, -0.05) is 13.8 Å². The van der Waals surface area contributed by atoms with Crippen LogP contribution in [0.15, 0.2) is 18.2 Å². The predicted molar refractivity (Wildman–Crippen MR) is 69.9 cm³/mol. The van der Waals surface area contributed by atoms with Crippen molar-refractivity contribution in [1.29, 1.82) is 0 Å². The Labute approximate surface area is 103 Å². The van der Waals surface area contributed by atoms with Crippen LogP contribution in [-0.2, 0) is 4.74 Å². The molecule has 2 nitrogen and oxygen atoms in total. The van der Waals surface area contributed by atoms with Gasteiger partial charge >= 0.3 is 0 Å². The second kappa shape index (κ2) is 7.28. The van der Waals surface area contributed by atoms with Gasteiger partial charge in [0.1, 0.15) is 5.82 Å². The third-order valence-corrected chi connectivity index (χ3v) is 2.46. The van der Waals surface area contributed by atoms with Crippen LogP contribution < -0.4 is 5.32 Å². The zero-order chi connectivity index (χ0) is 12.7. The second-order valence-corrected chi connectivity index (χ2v) is 4.74. The lowest BCUT2D eigenvalue weighted by Crippen LogP contribution is -2.11. The lowest BCUT2D eigenvalue weighted by molar-refractivity contribution is 0.132. The van der Waals surface area contributed by atoms with E-state index >= 15 is 0 Å². The summed E-state index contributed by atoms with van der Waals surface area (Å²) in [7, 11) is 0. The van der Waals surface area contributed by atoms with Gasteiger partial charge in [0, 0.05) is 18.8 Å². The minimum atomic E-state index is -0.201. The molecule has 0 aliphatic carbocycles. The van der Waals surface area contributed by atoms with E-state index in [0.29, 0.717) is 19.1 Å². The van der Waals surface area contributed by atoms with E-state index in [-0.39, 0.29) is 5.82 Å². The molecule has 0 aromatic heterocycles. The fraction of sp³-hybridized carbons (Fsp3) is 0.571. The van der Waals surface area contributed by atoms with Gasteiger partial charge in [0.05, 0.1) is 6.61 Å². The summed E-state index contributed by atoms with van der Waals surface area (Å²) in [5.74, 6) is 0.474. The number of rotatable bonds is 7. The van der Waals surface area contributed by atoms with Crippen molar-refractivity contribution < 1.29 is 9.13 Å². The van der Waals surface area contributed by atoms with E-state index in [1.54, 1.807) is 0 Å². The van der Waals surface area contributed by atoms with Crippen LogP contribution in [0.25, 0.3) is 0 Å². The number of halogens is 1. The Morgan fingerprint density at radius 1 is 1.24 bits per heavy atom. The highest BCUT2D eigenvalue weighted by atomic mass is 19.1. The van der Waals surface area contributed by atoms with Crippen LogP contribution in [0.1, 0.15) is 25.8 Å². The van der Waals surface area contributed by atoms with Crippen molar-refractivity contribution in [2.24, 2.45) is 5.92 Å². The van der Waals surface area contributed by atoms with Crippen molar-refractivity contribution in [1.82, 2.24) is 0 Å². The van der Waals surface area contributed by atoms with Crippen LogP contribution in [0.4, 0.5) is 10.1 Å². The van der Waals surface area contributed by atoms with Gasteiger partial charge in [-0.25, -0.2) is 4.39 Å². The Morgan fingerprint density at radius 3 is 2.65 bits per heavy atom. The van der Waals surface area contributed by atoms with E-state index in [0.717, 1.165) is 24.3 Å². The third kappa shape index (κ3) is 6.27. The molecule has 96 valence electrons. The zero-order valence-corrected chi connectivity index (χ0v) is 10.9. The molecule has 0 fully saturated rings. The highest BCUT2D eigenvalue weighted by Gasteiger charge is 1.98. The van der Waals surface area contributed by atoms with Gasteiger partial charge in [-0.05, 0) is 43.0 Å². The van der Waals surface area contributed by atoms with Crippen molar-refractivity contribution >= 4 is 5.69 Å². The van der Waals surface area contributed by atoms with Gasteiger partial charge in [-0.2, -0.15) is 0 Å². The topological polar surface area (TPSA) is 21.3 Å². The molecule has 0 saturated carbocycles. The highest BCUT2D eigenvalue weighted by molar-refractivity contribution is 5.45. The Kier molecular flexibility index (Phi) is 5.98. The van der Waals surface area contributed by atoms with E-state index in [4.69, 9.17) is 4.74 Å². The molecule has 0 amide bonds. The summed E-state index contributed by atoms with van der Waals surface area (Å²) in [4.78, 5) is 0. The largest absolute Gasteiger partial charge is 0.383 e. The maximum absolute atomic E-state index is 13.1. The van der Waals surface area contributed by atoms with Crippen molar-refractivity contribution in [3.63, 3.8) is 0 Å². The molecule has 0 spiro atoms. The van der Waals surface area contributed by atoms with E-state index < -0.39 is 0 Å². The quantitative estimate of drug-likeness (QED) is 0.734. The highest BCUT2D eigenvalue weighted by Crippen LogP contribution is 2.12. The summed E-state index contributed by atoms with van der Waals surface area (Å²) >= 11 is 0. The molecule has 0 atom stereocenters. The summed E-state index contributed by atoms with van der Waals surface area (Å²) in [6.45, 7) is 8.40. The molecule has 17 heavy (non-hydrogen) atoms. The Hall–Kier alpha value is -1.09. The van der Waals surface area contributed by atoms with Crippen LogP contribution in [0.2, 0.25) is 0 Å². The maximum atomic E-state index is 13.1. The first-order valence-corrected chi connectivity index (χ1v) is 6.16. The molecule has 0 aliphatic rings. The summed E-state index contributed by atoms with van der Waals surface area (Å²) in [5.41, 5.74) is 1.74. The average molecular weight is 239 g/mol. The number of hydrogen-bond acceptors (Lipinski definition) is 2. The first-order chi connectivity index (χ1) is 8.08. The maximum Gasteiger partial charge on any atom is 0.125 e. The number of nitrogens with one attached hydrogen (secondary N) is 1. The number of benzene rings is 1. The van der Waals surface area contributed by atoms with Crippen LogP contribution in [-0.4, -0.2) is 19.8 Å². The summed E-state index contributed by atoms with van der Waals surface area (Å²) in [5, 5.41) is 3.15. The molecule has 0 heterocycles. The number of ether oxygens (including phenoxy) is 1. The average Bonchev–Trinajstić information content (AvgIpc) is 2.21. The molecule has 1 rings (SSSR count). The Balaban J connectivity index is 2.18. The first kappa shape index (κ1) is 14.0. The van der Waals surface area contributed by atoms with Gasteiger partial charge in [0.15, 0.2) is 0 Å². The van der Waals surface area contributed by atoms with Crippen molar-refractivity contribution in [2.45, 2.75) is 27.2 Å². The minimum Gasteiger partial charge on any atom is -0.383 e. The van der Waals surface area contributed by atoms with E-state index in [1.807, 2.05) is 13.0 Å².